The molecule has 0 aliphatic carbocycles. The molecule has 0 aliphatic rings. The summed E-state index contributed by atoms with van der Waals surface area (Å²) in [4.78, 5) is 24.1. The fourth-order valence-electron chi connectivity index (χ4n) is 2.35. The van der Waals surface area contributed by atoms with Crippen molar-refractivity contribution in [1.29, 1.82) is 0 Å². The van der Waals surface area contributed by atoms with Crippen molar-refractivity contribution < 1.29 is 19.1 Å². The normalized spacial score (nSPS) is 10.2. The average molecular weight is 426 g/mol. The molecule has 9 heteroatoms. The third-order valence-electron chi connectivity index (χ3n) is 3.90. The van der Waals surface area contributed by atoms with Crippen LogP contribution in [0.4, 0.5) is 11.4 Å². The van der Waals surface area contributed by atoms with Gasteiger partial charge in [0.05, 0.1) is 38.0 Å². The van der Waals surface area contributed by atoms with Crippen molar-refractivity contribution >= 4 is 46.4 Å². The van der Waals surface area contributed by atoms with E-state index in [2.05, 4.69) is 16.0 Å². The van der Waals surface area contributed by atoms with Crippen LogP contribution in [0.15, 0.2) is 30.3 Å². The molecular weight excluding hydrogens is 405 g/mol. The standard InChI is InChI=1S/C19H21Cl2N3O4/c1-11-12(20)5-4-6-14(11)24-19(26)10-23-18(25)9-22-15-8-16(27-2)13(21)7-17(15)28-3/h4-8,22H,9-10H2,1-3H3,(H,23,25)(H,24,26). The number of carbonyl (C=O) groups is 2. The Hall–Kier alpha value is -2.64. The van der Waals surface area contributed by atoms with Gasteiger partial charge in [-0.3, -0.25) is 9.59 Å². The number of halogens is 2. The summed E-state index contributed by atoms with van der Waals surface area (Å²) < 4.78 is 10.4. The molecule has 3 N–H and O–H groups in total. The Bertz CT molecular complexity index is 874. The molecule has 2 rings (SSSR count). The minimum Gasteiger partial charge on any atom is -0.495 e. The van der Waals surface area contributed by atoms with Crippen LogP contribution in [0, 0.1) is 6.92 Å². The van der Waals surface area contributed by atoms with E-state index in [9.17, 15) is 9.59 Å². The summed E-state index contributed by atoms with van der Waals surface area (Å²) in [5, 5.41) is 9.13. The van der Waals surface area contributed by atoms with E-state index in [1.807, 2.05) is 0 Å². The number of ether oxygens (including phenoxy) is 2. The molecule has 2 aromatic carbocycles. The summed E-state index contributed by atoms with van der Waals surface area (Å²) in [6.45, 7) is 1.56. The van der Waals surface area contributed by atoms with Crippen LogP contribution in [0.3, 0.4) is 0 Å². The fourth-order valence-corrected chi connectivity index (χ4v) is 2.76. The second-order valence-electron chi connectivity index (χ2n) is 5.78. The summed E-state index contributed by atoms with van der Waals surface area (Å²) in [5.74, 6) is 0.188. The molecule has 0 bridgehead atoms. The number of nitrogens with one attached hydrogen (secondary N) is 3. The van der Waals surface area contributed by atoms with Crippen LogP contribution in [0.25, 0.3) is 0 Å². The van der Waals surface area contributed by atoms with Gasteiger partial charge in [0, 0.05) is 22.8 Å². The van der Waals surface area contributed by atoms with Crippen LogP contribution in [0.5, 0.6) is 11.5 Å². The van der Waals surface area contributed by atoms with E-state index in [1.165, 1.54) is 14.2 Å². The number of hydrogen-bond acceptors (Lipinski definition) is 5. The van der Waals surface area contributed by atoms with Crippen LogP contribution >= 0.6 is 23.2 Å². The van der Waals surface area contributed by atoms with Gasteiger partial charge < -0.3 is 25.4 Å². The van der Waals surface area contributed by atoms with E-state index in [4.69, 9.17) is 32.7 Å². The highest BCUT2D eigenvalue weighted by Crippen LogP contribution is 2.35. The largest absolute Gasteiger partial charge is 0.495 e. The first-order valence-corrected chi connectivity index (χ1v) is 9.08. The Morgan fingerprint density at radius 1 is 0.929 bits per heavy atom. The smallest absolute Gasteiger partial charge is 0.243 e. The lowest BCUT2D eigenvalue weighted by Gasteiger charge is -2.14. The zero-order valence-corrected chi connectivity index (χ0v) is 17.2. The van der Waals surface area contributed by atoms with E-state index >= 15 is 0 Å². The first-order chi connectivity index (χ1) is 13.3. The van der Waals surface area contributed by atoms with Gasteiger partial charge in [-0.05, 0) is 24.6 Å². The van der Waals surface area contributed by atoms with Crippen LogP contribution < -0.4 is 25.4 Å². The summed E-state index contributed by atoms with van der Waals surface area (Å²) in [6, 6.07) is 8.43. The minimum atomic E-state index is -0.367. The predicted octanol–water partition coefficient (Wildman–Crippen LogP) is 3.49. The van der Waals surface area contributed by atoms with E-state index < -0.39 is 0 Å². The molecule has 0 atom stereocenters. The average Bonchev–Trinajstić information content (AvgIpc) is 2.68. The molecular formula is C19H21Cl2N3O4. The molecule has 0 spiro atoms. The number of carbonyl (C=O) groups excluding carboxylic acids is 2. The molecule has 0 heterocycles. The van der Waals surface area contributed by atoms with Gasteiger partial charge in [0.1, 0.15) is 11.5 Å². The Morgan fingerprint density at radius 3 is 2.32 bits per heavy atom. The molecule has 0 saturated carbocycles. The van der Waals surface area contributed by atoms with E-state index in [0.29, 0.717) is 32.9 Å². The molecule has 0 aromatic heterocycles. The van der Waals surface area contributed by atoms with E-state index in [1.54, 1.807) is 37.3 Å². The molecule has 0 fully saturated rings. The second kappa shape index (κ2) is 10.1. The molecule has 7 nitrogen and oxygen atoms in total. The molecule has 2 amide bonds. The number of hydrogen-bond donors (Lipinski definition) is 3. The molecule has 0 aliphatic heterocycles. The summed E-state index contributed by atoms with van der Waals surface area (Å²) >= 11 is 12.1. The number of methoxy groups -OCH3 is 2. The maximum Gasteiger partial charge on any atom is 0.243 e. The Labute approximate surface area is 173 Å². The van der Waals surface area contributed by atoms with Gasteiger partial charge in [-0.25, -0.2) is 0 Å². The second-order valence-corrected chi connectivity index (χ2v) is 6.59. The quantitative estimate of drug-likeness (QED) is 0.602. The summed E-state index contributed by atoms with van der Waals surface area (Å²) in [5.41, 5.74) is 1.90. The summed E-state index contributed by atoms with van der Waals surface area (Å²) in [7, 11) is 2.98. The molecule has 0 saturated heterocycles. The zero-order valence-electron chi connectivity index (χ0n) is 15.7. The third-order valence-corrected chi connectivity index (χ3v) is 4.61. The number of amides is 2. The van der Waals surface area contributed by atoms with E-state index in [0.717, 1.165) is 5.56 Å². The van der Waals surface area contributed by atoms with Gasteiger partial charge in [0.15, 0.2) is 0 Å². The van der Waals surface area contributed by atoms with Gasteiger partial charge >= 0.3 is 0 Å². The van der Waals surface area contributed by atoms with E-state index in [-0.39, 0.29) is 24.9 Å². The van der Waals surface area contributed by atoms with Crippen molar-refractivity contribution in [3.63, 3.8) is 0 Å². The van der Waals surface area contributed by atoms with Gasteiger partial charge in [0.25, 0.3) is 0 Å². The van der Waals surface area contributed by atoms with Crippen molar-refractivity contribution in [2.75, 3.05) is 37.9 Å². The van der Waals surface area contributed by atoms with Gasteiger partial charge in [-0.15, -0.1) is 0 Å². The van der Waals surface area contributed by atoms with Crippen molar-refractivity contribution in [1.82, 2.24) is 5.32 Å². The summed E-state index contributed by atoms with van der Waals surface area (Å²) in [6.07, 6.45) is 0. The van der Waals surface area contributed by atoms with Crippen molar-refractivity contribution in [3.05, 3.63) is 45.9 Å². The topological polar surface area (TPSA) is 88.7 Å². The van der Waals surface area contributed by atoms with Crippen molar-refractivity contribution in [2.24, 2.45) is 0 Å². The number of benzene rings is 2. The Morgan fingerprint density at radius 2 is 1.64 bits per heavy atom. The van der Waals surface area contributed by atoms with Crippen LogP contribution in [0.2, 0.25) is 10.0 Å². The maximum absolute atomic E-state index is 12.0. The molecule has 150 valence electrons. The molecule has 2 aromatic rings. The highest BCUT2D eigenvalue weighted by Gasteiger charge is 2.12. The van der Waals surface area contributed by atoms with Crippen LogP contribution in [0.1, 0.15) is 5.56 Å². The van der Waals surface area contributed by atoms with Gasteiger partial charge in [-0.2, -0.15) is 0 Å². The monoisotopic (exact) mass is 425 g/mol. The zero-order chi connectivity index (χ0) is 20.7. The van der Waals surface area contributed by atoms with Gasteiger partial charge in [0.2, 0.25) is 11.8 Å². The maximum atomic E-state index is 12.0. The predicted molar refractivity (Wildman–Crippen MR) is 111 cm³/mol. The fraction of sp³-hybridized carbons (Fsp3) is 0.263. The highest BCUT2D eigenvalue weighted by molar-refractivity contribution is 6.32. The lowest BCUT2D eigenvalue weighted by atomic mass is 10.2. The minimum absolute atomic E-state index is 0.0649. The molecule has 28 heavy (non-hydrogen) atoms. The number of rotatable bonds is 8. The highest BCUT2D eigenvalue weighted by atomic mass is 35.5. The van der Waals surface area contributed by atoms with Crippen molar-refractivity contribution in [3.8, 4) is 11.5 Å². The van der Waals surface area contributed by atoms with Gasteiger partial charge in [-0.1, -0.05) is 29.3 Å². The van der Waals surface area contributed by atoms with Crippen LogP contribution in [-0.2, 0) is 9.59 Å². The lowest BCUT2D eigenvalue weighted by molar-refractivity contribution is -0.122. The Balaban J connectivity index is 1.87. The van der Waals surface area contributed by atoms with Crippen molar-refractivity contribution in [2.45, 2.75) is 6.92 Å². The molecule has 0 unspecified atom stereocenters. The molecule has 0 radical (unpaired) electrons. The Kier molecular flexibility index (Phi) is 7.78. The third kappa shape index (κ3) is 5.68. The lowest BCUT2D eigenvalue weighted by Crippen LogP contribution is -2.36. The first kappa shape index (κ1) is 21.7. The number of anilines is 2. The first-order valence-electron chi connectivity index (χ1n) is 8.32. The SMILES string of the molecule is COc1cc(NCC(=O)NCC(=O)Nc2cccc(Cl)c2C)c(OC)cc1Cl. The van der Waals surface area contributed by atoms with Crippen LogP contribution in [-0.4, -0.2) is 39.1 Å².